The van der Waals surface area contributed by atoms with E-state index in [1.165, 1.54) is 0 Å². The van der Waals surface area contributed by atoms with Crippen LogP contribution >= 0.6 is 0 Å². The van der Waals surface area contributed by atoms with Crippen molar-refractivity contribution in [3.63, 3.8) is 0 Å². The molecule has 0 heterocycles. The highest BCUT2D eigenvalue weighted by molar-refractivity contribution is 5.70. The van der Waals surface area contributed by atoms with Crippen LogP contribution < -0.4 is 0 Å². The molecule has 0 aliphatic heterocycles. The fourth-order valence-corrected chi connectivity index (χ4v) is 0.388. The summed E-state index contributed by atoms with van der Waals surface area (Å²) in [6.45, 7) is 6.24. The molecule has 0 aromatic heterocycles. The van der Waals surface area contributed by atoms with E-state index < -0.39 is 0 Å². The van der Waals surface area contributed by atoms with Crippen LogP contribution in [0.25, 0.3) is 0 Å². The third-order valence-corrected chi connectivity index (χ3v) is 1.21. The van der Waals surface area contributed by atoms with Crippen molar-refractivity contribution in [3.05, 3.63) is 12.2 Å². The van der Waals surface area contributed by atoms with Gasteiger partial charge in [-0.15, -0.1) is 0 Å². The predicted molar refractivity (Wildman–Crippen MR) is 43.1 cm³/mol. The van der Waals surface area contributed by atoms with Gasteiger partial charge in [-0.05, 0) is 26.3 Å². The Labute approximate surface area is 57.5 Å². The van der Waals surface area contributed by atoms with Gasteiger partial charge >= 0.3 is 0 Å². The average molecular weight is 125 g/mol. The molecule has 9 heavy (non-hydrogen) atoms. The minimum Gasteiger partial charge on any atom is -0.290 e. The molecule has 0 spiro atoms. The Hall–Kier alpha value is -0.590. The fourth-order valence-electron chi connectivity index (χ4n) is 0.388. The van der Waals surface area contributed by atoms with Gasteiger partial charge in [-0.3, -0.25) is 4.99 Å². The van der Waals surface area contributed by atoms with E-state index in [0.29, 0.717) is 6.04 Å². The Morgan fingerprint density at radius 1 is 1.56 bits per heavy atom. The van der Waals surface area contributed by atoms with Crippen LogP contribution in [0.3, 0.4) is 0 Å². The SMILES string of the molecule is C/C=C\C=NC(C)CC. The lowest BCUT2D eigenvalue weighted by Crippen LogP contribution is -1.92. The van der Waals surface area contributed by atoms with Crippen molar-refractivity contribution in [2.45, 2.75) is 33.2 Å². The Morgan fingerprint density at radius 2 is 2.22 bits per heavy atom. The maximum Gasteiger partial charge on any atom is 0.0468 e. The number of hydrogen-bond acceptors (Lipinski definition) is 1. The molecule has 0 aliphatic rings. The van der Waals surface area contributed by atoms with E-state index in [-0.39, 0.29) is 0 Å². The van der Waals surface area contributed by atoms with Gasteiger partial charge < -0.3 is 0 Å². The third kappa shape index (κ3) is 5.28. The van der Waals surface area contributed by atoms with Gasteiger partial charge in [-0.2, -0.15) is 0 Å². The van der Waals surface area contributed by atoms with Crippen molar-refractivity contribution in [2.75, 3.05) is 0 Å². The zero-order valence-electron chi connectivity index (χ0n) is 6.46. The molecule has 0 saturated heterocycles. The molecular weight excluding hydrogens is 110 g/mol. The number of allylic oxidation sites excluding steroid dienone is 2. The third-order valence-electron chi connectivity index (χ3n) is 1.21. The molecule has 1 unspecified atom stereocenters. The Balaban J connectivity index is 3.43. The van der Waals surface area contributed by atoms with Gasteiger partial charge in [0, 0.05) is 12.3 Å². The van der Waals surface area contributed by atoms with Gasteiger partial charge in [0.25, 0.3) is 0 Å². The topological polar surface area (TPSA) is 12.4 Å². The standard InChI is InChI=1S/C8H15N/c1-4-6-7-9-8(3)5-2/h4,6-8H,5H2,1-3H3/b6-4-,9-7?. The molecule has 0 radical (unpaired) electrons. The molecule has 0 amide bonds. The molecule has 0 N–H and O–H groups in total. The minimum absolute atomic E-state index is 0.473. The van der Waals surface area contributed by atoms with E-state index >= 15 is 0 Å². The average Bonchev–Trinajstić information content (AvgIpc) is 1.89. The first-order valence-corrected chi connectivity index (χ1v) is 3.45. The molecule has 0 aliphatic carbocycles. The van der Waals surface area contributed by atoms with E-state index in [0.717, 1.165) is 6.42 Å². The summed E-state index contributed by atoms with van der Waals surface area (Å²) in [7, 11) is 0. The number of aliphatic imine (C=N–C) groups is 1. The lowest BCUT2D eigenvalue weighted by Gasteiger charge is -1.96. The van der Waals surface area contributed by atoms with Gasteiger partial charge in [0.2, 0.25) is 0 Å². The highest BCUT2D eigenvalue weighted by Gasteiger charge is 1.87. The van der Waals surface area contributed by atoms with Crippen LogP contribution in [0.5, 0.6) is 0 Å². The minimum atomic E-state index is 0.473. The Bertz CT molecular complexity index is 103. The highest BCUT2D eigenvalue weighted by Crippen LogP contribution is 1.92. The first-order chi connectivity index (χ1) is 4.31. The van der Waals surface area contributed by atoms with Crippen LogP contribution in [-0.2, 0) is 0 Å². The summed E-state index contributed by atoms with van der Waals surface area (Å²) < 4.78 is 0. The van der Waals surface area contributed by atoms with Crippen LogP contribution in [0.1, 0.15) is 27.2 Å². The van der Waals surface area contributed by atoms with Gasteiger partial charge in [0.05, 0.1) is 0 Å². The smallest absolute Gasteiger partial charge is 0.0468 e. The van der Waals surface area contributed by atoms with Crippen molar-refractivity contribution in [2.24, 2.45) is 4.99 Å². The van der Waals surface area contributed by atoms with E-state index in [4.69, 9.17) is 0 Å². The van der Waals surface area contributed by atoms with Crippen molar-refractivity contribution in [3.8, 4) is 0 Å². The molecule has 0 aromatic rings. The normalized spacial score (nSPS) is 15.4. The first kappa shape index (κ1) is 8.41. The Kier molecular flexibility index (Phi) is 5.18. The molecule has 0 saturated carbocycles. The first-order valence-electron chi connectivity index (χ1n) is 3.45. The molecule has 1 atom stereocenters. The molecule has 0 aromatic carbocycles. The quantitative estimate of drug-likeness (QED) is 0.514. The second-order valence-electron chi connectivity index (χ2n) is 2.08. The van der Waals surface area contributed by atoms with Crippen molar-refractivity contribution >= 4 is 6.21 Å². The van der Waals surface area contributed by atoms with Gasteiger partial charge in [0.1, 0.15) is 0 Å². The summed E-state index contributed by atoms with van der Waals surface area (Å²) >= 11 is 0. The van der Waals surface area contributed by atoms with Crippen molar-refractivity contribution in [1.29, 1.82) is 0 Å². The monoisotopic (exact) mass is 125 g/mol. The maximum absolute atomic E-state index is 4.22. The van der Waals surface area contributed by atoms with Crippen LogP contribution in [-0.4, -0.2) is 12.3 Å². The Morgan fingerprint density at radius 3 is 2.67 bits per heavy atom. The molecule has 0 fully saturated rings. The molecule has 52 valence electrons. The van der Waals surface area contributed by atoms with Crippen LogP contribution in [0.4, 0.5) is 0 Å². The molecule has 1 heteroatoms. The zero-order chi connectivity index (χ0) is 7.11. The molecule has 0 rings (SSSR count). The molecule has 1 nitrogen and oxygen atoms in total. The summed E-state index contributed by atoms with van der Waals surface area (Å²) in [6, 6.07) is 0.473. The largest absolute Gasteiger partial charge is 0.290 e. The predicted octanol–water partition coefficient (Wildman–Crippen LogP) is 2.43. The summed E-state index contributed by atoms with van der Waals surface area (Å²) in [4.78, 5) is 4.22. The van der Waals surface area contributed by atoms with Crippen LogP contribution in [0.15, 0.2) is 17.1 Å². The lowest BCUT2D eigenvalue weighted by atomic mass is 10.3. The van der Waals surface area contributed by atoms with E-state index in [1.54, 1.807) is 0 Å². The van der Waals surface area contributed by atoms with Gasteiger partial charge in [-0.1, -0.05) is 13.0 Å². The molecular formula is C8H15N. The van der Waals surface area contributed by atoms with E-state index in [2.05, 4.69) is 18.8 Å². The van der Waals surface area contributed by atoms with Gasteiger partial charge in [0.15, 0.2) is 0 Å². The summed E-state index contributed by atoms with van der Waals surface area (Å²) in [5.41, 5.74) is 0. The van der Waals surface area contributed by atoms with Gasteiger partial charge in [-0.25, -0.2) is 0 Å². The van der Waals surface area contributed by atoms with Crippen molar-refractivity contribution in [1.82, 2.24) is 0 Å². The summed E-state index contributed by atoms with van der Waals surface area (Å²) in [5, 5.41) is 0. The van der Waals surface area contributed by atoms with Crippen LogP contribution in [0.2, 0.25) is 0 Å². The van der Waals surface area contributed by atoms with Crippen LogP contribution in [0, 0.1) is 0 Å². The van der Waals surface area contributed by atoms with E-state index in [9.17, 15) is 0 Å². The summed E-state index contributed by atoms with van der Waals surface area (Å²) in [5.74, 6) is 0. The lowest BCUT2D eigenvalue weighted by molar-refractivity contribution is 0.721. The molecule has 0 bridgehead atoms. The maximum atomic E-state index is 4.22. The van der Waals surface area contributed by atoms with Crippen molar-refractivity contribution < 1.29 is 0 Å². The highest BCUT2D eigenvalue weighted by atomic mass is 14.7. The zero-order valence-corrected chi connectivity index (χ0v) is 6.46. The van der Waals surface area contributed by atoms with E-state index in [1.807, 2.05) is 25.3 Å². The number of hydrogen-bond donors (Lipinski definition) is 0. The second kappa shape index (κ2) is 5.54. The second-order valence-corrected chi connectivity index (χ2v) is 2.08. The number of rotatable bonds is 3. The number of nitrogens with zero attached hydrogens (tertiary/aromatic N) is 1. The fraction of sp³-hybridized carbons (Fsp3) is 0.625. The summed E-state index contributed by atoms with van der Waals surface area (Å²) in [6.07, 6.45) is 6.90.